The number of carbonyl (C=O) groups excluding carboxylic acids is 2. The molecule has 3 aromatic rings. The molecule has 0 bridgehead atoms. The van der Waals surface area contributed by atoms with Crippen LogP contribution in [0.5, 0.6) is 0 Å². The van der Waals surface area contributed by atoms with Crippen LogP contribution in [-0.2, 0) is 22.7 Å². The van der Waals surface area contributed by atoms with E-state index in [-0.39, 0.29) is 31.3 Å². The molecular formula is C19H21N7O3S. The molecule has 11 heteroatoms. The number of aliphatic hydroxyl groups excluding tert-OH is 1. The van der Waals surface area contributed by atoms with Gasteiger partial charge in [0.2, 0.25) is 11.8 Å². The summed E-state index contributed by atoms with van der Waals surface area (Å²) in [4.78, 5) is 32.0. The van der Waals surface area contributed by atoms with E-state index in [4.69, 9.17) is 0 Å². The Morgan fingerprint density at radius 2 is 2.10 bits per heavy atom. The third kappa shape index (κ3) is 4.36. The quantitative estimate of drug-likeness (QED) is 0.582. The van der Waals surface area contributed by atoms with E-state index in [1.807, 2.05) is 36.7 Å². The molecule has 10 nitrogen and oxygen atoms in total. The molecule has 0 radical (unpaired) electrons. The highest BCUT2D eigenvalue weighted by molar-refractivity contribution is 7.13. The summed E-state index contributed by atoms with van der Waals surface area (Å²) >= 11 is 1.59. The predicted molar refractivity (Wildman–Crippen MR) is 108 cm³/mol. The van der Waals surface area contributed by atoms with Gasteiger partial charge >= 0.3 is 0 Å². The first-order valence-electron chi connectivity index (χ1n) is 9.46. The van der Waals surface area contributed by atoms with Crippen LogP contribution in [0.1, 0.15) is 17.7 Å². The van der Waals surface area contributed by atoms with Crippen LogP contribution in [0.15, 0.2) is 36.1 Å². The first-order valence-corrected chi connectivity index (χ1v) is 10.3. The summed E-state index contributed by atoms with van der Waals surface area (Å²) in [7, 11) is 0. The lowest BCUT2D eigenvalue weighted by Gasteiger charge is -2.23. The minimum atomic E-state index is -0.736. The highest BCUT2D eigenvalue weighted by Gasteiger charge is 2.38. The van der Waals surface area contributed by atoms with Gasteiger partial charge in [0.15, 0.2) is 0 Å². The van der Waals surface area contributed by atoms with Crippen LogP contribution in [0.3, 0.4) is 0 Å². The van der Waals surface area contributed by atoms with E-state index < -0.39 is 12.1 Å². The van der Waals surface area contributed by atoms with Crippen LogP contribution in [-0.4, -0.2) is 65.7 Å². The van der Waals surface area contributed by atoms with Gasteiger partial charge in [-0.3, -0.25) is 9.59 Å². The van der Waals surface area contributed by atoms with Gasteiger partial charge in [-0.2, -0.15) is 0 Å². The van der Waals surface area contributed by atoms with Crippen molar-refractivity contribution in [3.05, 3.63) is 47.4 Å². The number of hydrogen-bond donors (Lipinski definition) is 2. The molecule has 1 aromatic carbocycles. The number of hydrogen-bond acceptors (Lipinski definition) is 8. The highest BCUT2D eigenvalue weighted by atomic mass is 32.1. The summed E-state index contributed by atoms with van der Waals surface area (Å²) in [6.45, 7) is 2.34. The summed E-state index contributed by atoms with van der Waals surface area (Å²) in [6.07, 6.45) is 0.800. The molecule has 2 aromatic heterocycles. The summed E-state index contributed by atoms with van der Waals surface area (Å²) in [5.74, 6) is -0.609. The van der Waals surface area contributed by atoms with E-state index in [0.717, 1.165) is 21.7 Å². The Hall–Kier alpha value is -3.18. The fourth-order valence-corrected chi connectivity index (χ4v) is 4.29. The smallest absolute Gasteiger partial charge is 0.245 e. The van der Waals surface area contributed by atoms with E-state index in [1.165, 1.54) is 15.9 Å². The lowest BCUT2D eigenvalue weighted by Crippen LogP contribution is -2.46. The van der Waals surface area contributed by atoms with Crippen LogP contribution >= 0.6 is 11.3 Å². The molecule has 156 valence electrons. The average molecular weight is 427 g/mol. The van der Waals surface area contributed by atoms with Gasteiger partial charge in [-0.1, -0.05) is 24.3 Å². The summed E-state index contributed by atoms with van der Waals surface area (Å²) < 4.78 is 1.29. The summed E-state index contributed by atoms with van der Waals surface area (Å²) in [5.41, 5.74) is 4.84. The molecule has 0 spiro atoms. The number of aliphatic hydroxyl groups is 1. The number of tetrazole rings is 1. The lowest BCUT2D eigenvalue weighted by atomic mass is 10.1. The molecule has 1 aliphatic heterocycles. The van der Waals surface area contributed by atoms with Crippen molar-refractivity contribution in [3.63, 3.8) is 0 Å². The van der Waals surface area contributed by atoms with Crippen molar-refractivity contribution >= 4 is 23.2 Å². The molecule has 0 aliphatic carbocycles. The highest BCUT2D eigenvalue weighted by Crippen LogP contribution is 2.27. The molecule has 1 saturated heterocycles. The molecule has 1 aliphatic rings. The van der Waals surface area contributed by atoms with Gasteiger partial charge in [0.1, 0.15) is 18.9 Å². The van der Waals surface area contributed by atoms with Crippen LogP contribution in [0.2, 0.25) is 0 Å². The molecule has 0 saturated carbocycles. The van der Waals surface area contributed by atoms with Gasteiger partial charge in [-0.15, -0.1) is 16.4 Å². The second-order valence-electron chi connectivity index (χ2n) is 7.14. The predicted octanol–water partition coefficient (Wildman–Crippen LogP) is 0.383. The Bertz CT molecular complexity index is 1020. The third-order valence-corrected chi connectivity index (χ3v) is 6.00. The molecule has 30 heavy (non-hydrogen) atoms. The van der Waals surface area contributed by atoms with E-state index in [9.17, 15) is 14.7 Å². The number of benzene rings is 1. The van der Waals surface area contributed by atoms with Crippen molar-refractivity contribution < 1.29 is 14.7 Å². The van der Waals surface area contributed by atoms with E-state index >= 15 is 0 Å². The van der Waals surface area contributed by atoms with E-state index in [2.05, 4.69) is 25.8 Å². The second kappa shape index (κ2) is 8.67. The normalized spacial score (nSPS) is 18.5. The monoisotopic (exact) mass is 427 g/mol. The van der Waals surface area contributed by atoms with Crippen molar-refractivity contribution in [2.24, 2.45) is 0 Å². The first-order chi connectivity index (χ1) is 14.5. The number of thiazole rings is 1. The minimum Gasteiger partial charge on any atom is -0.391 e. The molecule has 3 heterocycles. The van der Waals surface area contributed by atoms with Crippen LogP contribution in [0.4, 0.5) is 0 Å². The first kappa shape index (κ1) is 20.1. The number of amides is 2. The number of carbonyl (C=O) groups is 2. The largest absolute Gasteiger partial charge is 0.391 e. The number of nitrogens with one attached hydrogen (secondary N) is 1. The van der Waals surface area contributed by atoms with Crippen LogP contribution < -0.4 is 5.32 Å². The fraction of sp³-hybridized carbons (Fsp3) is 0.368. The van der Waals surface area contributed by atoms with Crippen molar-refractivity contribution in [1.29, 1.82) is 0 Å². The zero-order chi connectivity index (χ0) is 21.1. The molecule has 2 atom stereocenters. The molecule has 2 amide bonds. The Balaban J connectivity index is 1.36. The SMILES string of the molecule is Cc1ncsc1-c1ccc(CNC(=O)[C@@H]2C[C@@H](O)CN2C(=O)Cn2cnnn2)cc1. The topological polar surface area (TPSA) is 126 Å². The number of β-amino-alcohol motifs (C(OH)–C–C–N with tert-alkyl or cyclic N) is 1. The van der Waals surface area contributed by atoms with Crippen LogP contribution in [0.25, 0.3) is 10.4 Å². The van der Waals surface area contributed by atoms with E-state index in [0.29, 0.717) is 6.54 Å². The Kier molecular flexibility index (Phi) is 5.81. The second-order valence-corrected chi connectivity index (χ2v) is 8.00. The van der Waals surface area contributed by atoms with Crippen molar-refractivity contribution in [2.75, 3.05) is 6.54 Å². The van der Waals surface area contributed by atoms with E-state index in [1.54, 1.807) is 11.3 Å². The molecule has 2 N–H and O–H groups in total. The number of likely N-dealkylation sites (tertiary alicyclic amines) is 1. The zero-order valence-corrected chi connectivity index (χ0v) is 17.1. The Morgan fingerprint density at radius 1 is 1.30 bits per heavy atom. The number of aryl methyl sites for hydroxylation is 1. The molecular weight excluding hydrogens is 406 g/mol. The lowest BCUT2D eigenvalue weighted by molar-refractivity contribution is -0.139. The van der Waals surface area contributed by atoms with Gasteiger partial charge in [0, 0.05) is 19.5 Å². The van der Waals surface area contributed by atoms with Gasteiger partial charge in [-0.05, 0) is 28.5 Å². The molecule has 4 rings (SSSR count). The number of aromatic nitrogens is 5. The van der Waals surface area contributed by atoms with Crippen molar-refractivity contribution in [3.8, 4) is 10.4 Å². The van der Waals surface area contributed by atoms with Gasteiger partial charge < -0.3 is 15.3 Å². The zero-order valence-electron chi connectivity index (χ0n) is 16.3. The van der Waals surface area contributed by atoms with Crippen molar-refractivity contribution in [1.82, 2.24) is 35.4 Å². The Morgan fingerprint density at radius 3 is 2.77 bits per heavy atom. The standard InChI is InChI=1S/C19H21N7O3S/c1-12-18(30-11-21-12)14-4-2-13(3-5-14)7-20-19(29)16-6-15(27)8-26(16)17(28)9-25-10-22-23-24-25/h2-5,10-11,15-16,27H,6-9H2,1H3,(H,20,29)/t15-,16+/m1/s1. The maximum absolute atomic E-state index is 12.7. The molecule has 0 unspecified atom stereocenters. The van der Waals surface area contributed by atoms with Gasteiger partial charge in [0.05, 0.1) is 22.2 Å². The van der Waals surface area contributed by atoms with Gasteiger partial charge in [0.25, 0.3) is 0 Å². The van der Waals surface area contributed by atoms with Gasteiger partial charge in [-0.25, -0.2) is 9.67 Å². The number of nitrogens with zero attached hydrogens (tertiary/aromatic N) is 6. The molecule has 1 fully saturated rings. The van der Waals surface area contributed by atoms with Crippen molar-refractivity contribution in [2.45, 2.75) is 38.6 Å². The fourth-order valence-electron chi connectivity index (χ4n) is 3.48. The number of rotatable bonds is 6. The Labute approximate surface area is 176 Å². The minimum absolute atomic E-state index is 0.0814. The van der Waals surface area contributed by atoms with Crippen LogP contribution in [0, 0.1) is 6.92 Å². The third-order valence-electron chi connectivity index (χ3n) is 5.02. The maximum atomic E-state index is 12.7. The maximum Gasteiger partial charge on any atom is 0.245 e. The summed E-state index contributed by atoms with van der Waals surface area (Å²) in [6, 6.07) is 7.20. The summed E-state index contributed by atoms with van der Waals surface area (Å²) in [5, 5.41) is 23.5. The average Bonchev–Trinajstić information content (AvgIpc) is 3.48.